The van der Waals surface area contributed by atoms with E-state index in [2.05, 4.69) is 22.2 Å². The van der Waals surface area contributed by atoms with Crippen LogP contribution in [0.2, 0.25) is 0 Å². The Bertz CT molecular complexity index is 842. The van der Waals surface area contributed by atoms with Gasteiger partial charge in [-0.05, 0) is 38.0 Å². The summed E-state index contributed by atoms with van der Waals surface area (Å²) in [6.07, 6.45) is 12.3. The smallest absolute Gasteiger partial charge is 0.220 e. The minimum atomic E-state index is 0.171. The molecule has 2 aromatic rings. The zero-order valence-electron chi connectivity index (χ0n) is 18.1. The first kappa shape index (κ1) is 21.4. The van der Waals surface area contributed by atoms with Crippen LogP contribution < -0.4 is 10.2 Å². The van der Waals surface area contributed by atoms with E-state index in [1.165, 1.54) is 44.9 Å². The maximum Gasteiger partial charge on any atom is 0.220 e. The summed E-state index contributed by atoms with van der Waals surface area (Å²) in [6, 6.07) is 0. The highest BCUT2D eigenvalue weighted by Crippen LogP contribution is 2.29. The van der Waals surface area contributed by atoms with Crippen molar-refractivity contribution in [2.45, 2.75) is 76.4 Å². The molecule has 1 amide bonds. The Labute approximate surface area is 183 Å². The Kier molecular flexibility index (Phi) is 7.47. The van der Waals surface area contributed by atoms with Crippen LogP contribution in [0.5, 0.6) is 0 Å². The van der Waals surface area contributed by atoms with Gasteiger partial charge in [0, 0.05) is 31.8 Å². The number of fused-ring (bicyclic) bond motifs is 1. The second kappa shape index (κ2) is 10.5. The summed E-state index contributed by atoms with van der Waals surface area (Å²) >= 11 is 1.71. The lowest BCUT2D eigenvalue weighted by Gasteiger charge is -2.20. The molecule has 164 valence electrons. The van der Waals surface area contributed by atoms with Gasteiger partial charge in [0.1, 0.15) is 5.82 Å². The molecule has 1 saturated carbocycles. The van der Waals surface area contributed by atoms with E-state index in [1.807, 2.05) is 10.9 Å². The molecule has 3 heterocycles. The molecule has 1 saturated heterocycles. The zero-order valence-corrected chi connectivity index (χ0v) is 18.9. The Morgan fingerprint density at radius 1 is 1.17 bits per heavy atom. The number of hydrogen-bond acceptors (Lipinski definition) is 6. The Morgan fingerprint density at radius 3 is 2.73 bits per heavy atom. The van der Waals surface area contributed by atoms with E-state index >= 15 is 0 Å². The van der Waals surface area contributed by atoms with Crippen LogP contribution in [0.1, 0.15) is 64.7 Å². The highest BCUT2D eigenvalue weighted by atomic mass is 32.2. The topological polar surface area (TPSA) is 75.9 Å². The van der Waals surface area contributed by atoms with Crippen molar-refractivity contribution < 1.29 is 4.79 Å². The van der Waals surface area contributed by atoms with Crippen molar-refractivity contribution >= 4 is 34.5 Å². The first-order chi connectivity index (χ1) is 14.7. The largest absolute Gasteiger partial charge is 0.356 e. The molecule has 7 nitrogen and oxygen atoms in total. The third kappa shape index (κ3) is 5.25. The number of nitrogens with zero attached hydrogens (tertiary/aromatic N) is 5. The van der Waals surface area contributed by atoms with Crippen LogP contribution in [0.3, 0.4) is 0 Å². The molecule has 1 aliphatic carbocycles. The zero-order chi connectivity index (χ0) is 20.8. The van der Waals surface area contributed by atoms with Gasteiger partial charge in [-0.15, -0.1) is 0 Å². The predicted octanol–water partition coefficient (Wildman–Crippen LogP) is 4.02. The number of nitrogens with one attached hydrogen (secondary N) is 1. The fourth-order valence-corrected chi connectivity index (χ4v) is 5.23. The molecular formula is C22H34N6OS. The van der Waals surface area contributed by atoms with E-state index in [-0.39, 0.29) is 5.91 Å². The van der Waals surface area contributed by atoms with Gasteiger partial charge in [0.15, 0.2) is 10.8 Å². The molecule has 0 spiro atoms. The van der Waals surface area contributed by atoms with E-state index in [1.54, 1.807) is 11.8 Å². The van der Waals surface area contributed by atoms with Gasteiger partial charge in [-0.2, -0.15) is 5.10 Å². The van der Waals surface area contributed by atoms with Crippen LogP contribution in [-0.4, -0.2) is 51.0 Å². The van der Waals surface area contributed by atoms with Crippen molar-refractivity contribution in [3.05, 3.63) is 6.20 Å². The highest BCUT2D eigenvalue weighted by molar-refractivity contribution is 7.99. The molecule has 0 aromatic carbocycles. The Balaban J connectivity index is 1.43. The number of thioether (sulfide) groups is 1. The number of amides is 1. The van der Waals surface area contributed by atoms with Gasteiger partial charge in [0.2, 0.25) is 5.91 Å². The van der Waals surface area contributed by atoms with Crippen molar-refractivity contribution in [1.82, 2.24) is 25.1 Å². The molecule has 2 fully saturated rings. The van der Waals surface area contributed by atoms with E-state index in [9.17, 15) is 4.79 Å². The molecule has 2 aliphatic rings. The fourth-order valence-electron chi connectivity index (χ4n) is 4.54. The molecule has 0 unspecified atom stereocenters. The summed E-state index contributed by atoms with van der Waals surface area (Å²) in [4.78, 5) is 24.4. The Morgan fingerprint density at radius 2 is 1.97 bits per heavy atom. The molecular weight excluding hydrogens is 396 g/mol. The summed E-state index contributed by atoms with van der Waals surface area (Å²) in [6.45, 7) is 5.49. The van der Waals surface area contributed by atoms with Crippen molar-refractivity contribution in [1.29, 1.82) is 0 Å². The minimum absolute atomic E-state index is 0.171. The molecule has 0 atom stereocenters. The summed E-state index contributed by atoms with van der Waals surface area (Å²) in [5.74, 6) is 2.77. The van der Waals surface area contributed by atoms with Gasteiger partial charge >= 0.3 is 0 Å². The van der Waals surface area contributed by atoms with Crippen LogP contribution in [0.25, 0.3) is 11.0 Å². The second-order valence-corrected chi connectivity index (χ2v) is 9.60. The number of carbonyl (C=O) groups is 1. The van der Waals surface area contributed by atoms with E-state index in [0.29, 0.717) is 25.4 Å². The van der Waals surface area contributed by atoms with Gasteiger partial charge in [-0.3, -0.25) is 4.79 Å². The summed E-state index contributed by atoms with van der Waals surface area (Å²) in [5.41, 5.74) is 0.882. The SMILES string of the molecule is CCCSc1nc(N2CCCC2)c2cnn(CCNC(=O)CC3CCCCC3)c2n1. The van der Waals surface area contributed by atoms with Crippen molar-refractivity contribution in [2.75, 3.05) is 30.3 Å². The lowest BCUT2D eigenvalue weighted by molar-refractivity contribution is -0.122. The van der Waals surface area contributed by atoms with Gasteiger partial charge < -0.3 is 10.2 Å². The quantitative estimate of drug-likeness (QED) is 0.478. The average molecular weight is 431 g/mol. The number of rotatable bonds is 9. The lowest BCUT2D eigenvalue weighted by Crippen LogP contribution is -2.29. The summed E-state index contributed by atoms with van der Waals surface area (Å²) in [7, 11) is 0. The third-order valence-corrected chi connectivity index (χ3v) is 7.19. The van der Waals surface area contributed by atoms with Gasteiger partial charge in [0.05, 0.1) is 18.1 Å². The standard InChI is InChI=1S/C22H34N6OS/c1-2-14-30-22-25-20(27-11-6-7-12-27)18-16-24-28(21(18)26-22)13-10-23-19(29)15-17-8-4-3-5-9-17/h16-17H,2-15H2,1H3,(H,23,29). The minimum Gasteiger partial charge on any atom is -0.356 e. The number of anilines is 1. The van der Waals surface area contributed by atoms with E-state index in [0.717, 1.165) is 47.3 Å². The molecule has 8 heteroatoms. The van der Waals surface area contributed by atoms with Crippen LogP contribution in [0.4, 0.5) is 5.82 Å². The van der Waals surface area contributed by atoms with Crippen molar-refractivity contribution in [3.8, 4) is 0 Å². The number of carbonyl (C=O) groups excluding carboxylic acids is 1. The summed E-state index contributed by atoms with van der Waals surface area (Å²) in [5, 5.41) is 9.53. The maximum atomic E-state index is 12.3. The number of hydrogen-bond donors (Lipinski definition) is 1. The highest BCUT2D eigenvalue weighted by Gasteiger charge is 2.21. The third-order valence-electron chi connectivity index (χ3n) is 6.14. The molecule has 30 heavy (non-hydrogen) atoms. The van der Waals surface area contributed by atoms with Crippen molar-refractivity contribution in [3.63, 3.8) is 0 Å². The molecule has 1 aliphatic heterocycles. The van der Waals surface area contributed by atoms with Gasteiger partial charge in [-0.1, -0.05) is 37.9 Å². The average Bonchev–Trinajstić information content (AvgIpc) is 3.43. The number of aromatic nitrogens is 4. The van der Waals surface area contributed by atoms with Crippen LogP contribution in [-0.2, 0) is 11.3 Å². The summed E-state index contributed by atoms with van der Waals surface area (Å²) < 4.78 is 1.92. The Hall–Kier alpha value is -1.83. The van der Waals surface area contributed by atoms with E-state index in [4.69, 9.17) is 9.97 Å². The first-order valence-corrected chi connectivity index (χ1v) is 12.6. The first-order valence-electron chi connectivity index (χ1n) is 11.6. The second-order valence-electron chi connectivity index (χ2n) is 8.54. The van der Waals surface area contributed by atoms with E-state index < -0.39 is 0 Å². The monoisotopic (exact) mass is 430 g/mol. The van der Waals surface area contributed by atoms with Gasteiger partial charge in [0.25, 0.3) is 0 Å². The van der Waals surface area contributed by atoms with Crippen LogP contribution >= 0.6 is 11.8 Å². The maximum absolute atomic E-state index is 12.3. The molecule has 0 bridgehead atoms. The predicted molar refractivity (Wildman–Crippen MR) is 122 cm³/mol. The van der Waals surface area contributed by atoms with Crippen LogP contribution in [0.15, 0.2) is 11.4 Å². The normalized spacial score (nSPS) is 17.7. The molecule has 2 aromatic heterocycles. The van der Waals surface area contributed by atoms with Gasteiger partial charge in [-0.25, -0.2) is 14.6 Å². The van der Waals surface area contributed by atoms with Crippen LogP contribution in [0, 0.1) is 5.92 Å². The van der Waals surface area contributed by atoms with Crippen molar-refractivity contribution in [2.24, 2.45) is 5.92 Å². The lowest BCUT2D eigenvalue weighted by atomic mass is 9.87. The molecule has 4 rings (SSSR count). The molecule has 1 N–H and O–H groups in total. The molecule has 0 radical (unpaired) electrons. The fraction of sp³-hybridized carbons (Fsp3) is 0.727.